The summed E-state index contributed by atoms with van der Waals surface area (Å²) >= 11 is 0. The second kappa shape index (κ2) is 5.08. The summed E-state index contributed by atoms with van der Waals surface area (Å²) in [6, 6.07) is 3.99. The van der Waals surface area contributed by atoms with Crippen LogP contribution in [0.5, 0.6) is 0 Å². The van der Waals surface area contributed by atoms with Crippen LogP contribution in [-0.4, -0.2) is 17.9 Å². The van der Waals surface area contributed by atoms with Gasteiger partial charge in [0.15, 0.2) is 5.78 Å². The molecular weight excluding hydrogens is 240 g/mol. The van der Waals surface area contributed by atoms with E-state index in [2.05, 4.69) is 0 Å². The number of carbonyl (C=O) groups is 3. The number of Topliss-reactive ketones (excluding diaryl/α,β-unsaturated/α-hetero) is 2. The molecule has 0 radical (unpaired) electrons. The van der Waals surface area contributed by atoms with Gasteiger partial charge in [0, 0.05) is 18.8 Å². The van der Waals surface area contributed by atoms with E-state index in [4.69, 9.17) is 0 Å². The van der Waals surface area contributed by atoms with Crippen molar-refractivity contribution in [3.05, 3.63) is 34.4 Å². The van der Waals surface area contributed by atoms with Gasteiger partial charge in [0.05, 0.1) is 0 Å². The first-order valence-electron chi connectivity index (χ1n) is 6.53. The van der Waals surface area contributed by atoms with E-state index in [-0.39, 0.29) is 24.4 Å². The number of hydrogen-bond acceptors (Lipinski definition) is 3. The molecule has 1 fully saturated rings. The maximum atomic E-state index is 12.3. The minimum absolute atomic E-state index is 0.0492. The lowest BCUT2D eigenvalue weighted by Gasteiger charge is -2.16. The van der Waals surface area contributed by atoms with Crippen molar-refractivity contribution < 1.29 is 14.4 Å². The Kier molecular flexibility index (Phi) is 3.65. The van der Waals surface area contributed by atoms with Crippen molar-refractivity contribution >= 4 is 17.9 Å². The average Bonchev–Trinajstić information content (AvgIpc) is 2.56. The van der Waals surface area contributed by atoms with E-state index >= 15 is 0 Å². The topological polar surface area (TPSA) is 51.2 Å². The highest BCUT2D eigenvalue weighted by molar-refractivity contribution is 6.15. The standard InChI is InChI=1S/C16H18O3/c1-9-6-10(2)14(11(3)7-9)15-13(18)8-12(4-5-17)16(15)19/h5-7,12,15H,4,8H2,1-3H3. The van der Waals surface area contributed by atoms with E-state index < -0.39 is 11.8 Å². The molecule has 0 N–H and O–H groups in total. The Bertz CT molecular complexity index is 534. The Balaban J connectivity index is 2.45. The van der Waals surface area contributed by atoms with Crippen molar-refractivity contribution in [2.24, 2.45) is 5.92 Å². The van der Waals surface area contributed by atoms with Gasteiger partial charge in [-0.3, -0.25) is 9.59 Å². The van der Waals surface area contributed by atoms with Crippen molar-refractivity contribution in [2.45, 2.75) is 39.5 Å². The van der Waals surface area contributed by atoms with Gasteiger partial charge >= 0.3 is 0 Å². The Morgan fingerprint density at radius 2 is 1.74 bits per heavy atom. The maximum Gasteiger partial charge on any atom is 0.151 e. The van der Waals surface area contributed by atoms with Gasteiger partial charge in [-0.25, -0.2) is 0 Å². The summed E-state index contributed by atoms with van der Waals surface area (Å²) in [6.45, 7) is 5.86. The van der Waals surface area contributed by atoms with Crippen molar-refractivity contribution in [1.29, 1.82) is 0 Å². The first-order valence-corrected chi connectivity index (χ1v) is 6.53. The molecule has 1 saturated carbocycles. The number of aryl methyl sites for hydroxylation is 3. The number of hydrogen-bond donors (Lipinski definition) is 0. The number of carbonyl (C=O) groups excluding carboxylic acids is 3. The second-order valence-electron chi connectivity index (χ2n) is 5.42. The molecular formula is C16H18O3. The molecule has 1 aromatic rings. The van der Waals surface area contributed by atoms with E-state index in [1.54, 1.807) is 0 Å². The summed E-state index contributed by atoms with van der Waals surface area (Å²) in [6.07, 6.45) is 1.09. The lowest BCUT2D eigenvalue weighted by molar-refractivity contribution is -0.125. The number of benzene rings is 1. The third-order valence-electron chi connectivity index (χ3n) is 3.86. The number of rotatable bonds is 3. The summed E-state index contributed by atoms with van der Waals surface area (Å²) < 4.78 is 0. The van der Waals surface area contributed by atoms with Crippen LogP contribution in [0.2, 0.25) is 0 Å². The molecule has 2 unspecified atom stereocenters. The molecule has 0 spiro atoms. The van der Waals surface area contributed by atoms with Crippen LogP contribution in [0.3, 0.4) is 0 Å². The van der Waals surface area contributed by atoms with Gasteiger partial charge in [0.25, 0.3) is 0 Å². The van der Waals surface area contributed by atoms with Crippen molar-refractivity contribution in [2.75, 3.05) is 0 Å². The third kappa shape index (κ3) is 2.37. The fourth-order valence-corrected chi connectivity index (χ4v) is 3.12. The molecule has 1 aliphatic carbocycles. The largest absolute Gasteiger partial charge is 0.303 e. The van der Waals surface area contributed by atoms with E-state index in [1.165, 1.54) is 0 Å². The molecule has 1 aliphatic rings. The molecule has 100 valence electrons. The SMILES string of the molecule is Cc1cc(C)c(C2C(=O)CC(CC=O)C2=O)c(C)c1. The van der Waals surface area contributed by atoms with Crippen LogP contribution in [0.4, 0.5) is 0 Å². The van der Waals surface area contributed by atoms with Gasteiger partial charge in [-0.05, 0) is 37.5 Å². The molecule has 0 saturated heterocycles. The highest BCUT2D eigenvalue weighted by Crippen LogP contribution is 2.36. The average molecular weight is 258 g/mol. The highest BCUT2D eigenvalue weighted by atomic mass is 16.2. The van der Waals surface area contributed by atoms with Gasteiger partial charge in [-0.1, -0.05) is 17.7 Å². The molecule has 2 atom stereocenters. The summed E-state index contributed by atoms with van der Waals surface area (Å²) in [5, 5.41) is 0. The van der Waals surface area contributed by atoms with Crippen LogP contribution in [0.15, 0.2) is 12.1 Å². The molecule has 0 amide bonds. The Hall–Kier alpha value is -1.77. The van der Waals surface area contributed by atoms with Crippen LogP contribution in [0.1, 0.15) is 41.0 Å². The first kappa shape index (κ1) is 13.7. The van der Waals surface area contributed by atoms with Gasteiger partial charge in [-0.15, -0.1) is 0 Å². The fourth-order valence-electron chi connectivity index (χ4n) is 3.12. The van der Waals surface area contributed by atoms with Crippen molar-refractivity contribution in [3.63, 3.8) is 0 Å². The minimum atomic E-state index is -0.662. The zero-order valence-electron chi connectivity index (χ0n) is 11.5. The van der Waals surface area contributed by atoms with Crippen molar-refractivity contribution in [3.8, 4) is 0 Å². The van der Waals surface area contributed by atoms with E-state index in [0.29, 0.717) is 0 Å². The fraction of sp³-hybridized carbons (Fsp3) is 0.438. The molecule has 3 nitrogen and oxygen atoms in total. The molecule has 2 rings (SSSR count). The predicted molar refractivity (Wildman–Crippen MR) is 72.2 cm³/mol. The maximum absolute atomic E-state index is 12.3. The smallest absolute Gasteiger partial charge is 0.151 e. The van der Waals surface area contributed by atoms with Gasteiger partial charge < -0.3 is 4.79 Å². The van der Waals surface area contributed by atoms with Crippen LogP contribution < -0.4 is 0 Å². The molecule has 0 aromatic heterocycles. The van der Waals surface area contributed by atoms with E-state index in [0.717, 1.165) is 28.5 Å². The molecule has 0 bridgehead atoms. The van der Waals surface area contributed by atoms with Gasteiger partial charge in [-0.2, -0.15) is 0 Å². The Labute approximate surface area is 113 Å². The summed E-state index contributed by atoms with van der Waals surface area (Å²) in [5.41, 5.74) is 3.93. The third-order valence-corrected chi connectivity index (χ3v) is 3.86. The van der Waals surface area contributed by atoms with Crippen LogP contribution >= 0.6 is 0 Å². The number of aldehydes is 1. The van der Waals surface area contributed by atoms with E-state index in [1.807, 2.05) is 32.9 Å². The quantitative estimate of drug-likeness (QED) is 0.618. The molecule has 3 heteroatoms. The van der Waals surface area contributed by atoms with Crippen molar-refractivity contribution in [1.82, 2.24) is 0 Å². The zero-order valence-corrected chi connectivity index (χ0v) is 11.5. The van der Waals surface area contributed by atoms with Gasteiger partial charge in [0.1, 0.15) is 18.0 Å². The zero-order chi connectivity index (χ0) is 14.2. The Morgan fingerprint density at radius 1 is 1.16 bits per heavy atom. The van der Waals surface area contributed by atoms with Crippen LogP contribution in [0.25, 0.3) is 0 Å². The number of ketones is 2. The molecule has 19 heavy (non-hydrogen) atoms. The minimum Gasteiger partial charge on any atom is -0.303 e. The summed E-state index contributed by atoms with van der Waals surface area (Å²) in [5.74, 6) is -1.22. The predicted octanol–water partition coefficient (Wildman–Crippen LogP) is 2.44. The summed E-state index contributed by atoms with van der Waals surface area (Å²) in [4.78, 5) is 35.0. The van der Waals surface area contributed by atoms with E-state index in [9.17, 15) is 14.4 Å². The normalized spacial score (nSPS) is 22.9. The Morgan fingerprint density at radius 3 is 2.26 bits per heavy atom. The van der Waals surface area contributed by atoms with Crippen LogP contribution in [0, 0.1) is 26.7 Å². The molecule has 0 aliphatic heterocycles. The lowest BCUT2D eigenvalue weighted by Crippen LogP contribution is -2.18. The molecule has 0 heterocycles. The first-order chi connectivity index (χ1) is 8.95. The lowest BCUT2D eigenvalue weighted by atomic mass is 9.86. The molecule has 1 aromatic carbocycles. The second-order valence-corrected chi connectivity index (χ2v) is 5.42. The monoisotopic (exact) mass is 258 g/mol. The summed E-state index contributed by atoms with van der Waals surface area (Å²) in [7, 11) is 0. The van der Waals surface area contributed by atoms with Gasteiger partial charge in [0.2, 0.25) is 0 Å². The highest BCUT2D eigenvalue weighted by Gasteiger charge is 2.42. The van der Waals surface area contributed by atoms with Crippen LogP contribution in [-0.2, 0) is 14.4 Å².